The maximum Gasteiger partial charge on any atom is 0.211 e. The zero-order chi connectivity index (χ0) is 8.10. The van der Waals surface area contributed by atoms with Crippen LogP contribution in [0, 0.1) is 5.92 Å². The van der Waals surface area contributed by atoms with Crippen molar-refractivity contribution in [3.8, 4) is 0 Å². The fourth-order valence-electron chi connectivity index (χ4n) is 0.909. The van der Waals surface area contributed by atoms with Crippen LogP contribution in [-0.4, -0.2) is 6.41 Å². The first-order valence-corrected chi connectivity index (χ1v) is 3.87. The SMILES string of the molecule is CC(/C=C\NC=O)=C/C1CC1. The number of nitrogens with one attached hydrogen (secondary N) is 1. The van der Waals surface area contributed by atoms with Gasteiger partial charge in [-0.3, -0.25) is 4.79 Å². The molecule has 0 saturated heterocycles. The third-order valence-corrected chi connectivity index (χ3v) is 1.63. The molecule has 0 atom stereocenters. The van der Waals surface area contributed by atoms with Crippen molar-refractivity contribution in [2.45, 2.75) is 19.8 Å². The minimum atomic E-state index is 0.668. The Balaban J connectivity index is 2.27. The normalized spacial score (nSPS) is 18.8. The Kier molecular flexibility index (Phi) is 2.90. The van der Waals surface area contributed by atoms with Gasteiger partial charge in [0.2, 0.25) is 6.41 Å². The van der Waals surface area contributed by atoms with E-state index in [4.69, 9.17) is 0 Å². The lowest BCUT2D eigenvalue weighted by Gasteiger charge is -1.89. The monoisotopic (exact) mass is 151 g/mol. The van der Waals surface area contributed by atoms with E-state index in [0.717, 1.165) is 5.92 Å². The third kappa shape index (κ3) is 3.61. The van der Waals surface area contributed by atoms with Crippen LogP contribution in [0.5, 0.6) is 0 Å². The molecule has 60 valence electrons. The van der Waals surface area contributed by atoms with Crippen molar-refractivity contribution in [1.82, 2.24) is 5.32 Å². The highest BCUT2D eigenvalue weighted by molar-refractivity contribution is 5.48. The van der Waals surface area contributed by atoms with Gasteiger partial charge in [-0.25, -0.2) is 0 Å². The fourth-order valence-corrected chi connectivity index (χ4v) is 0.909. The summed E-state index contributed by atoms with van der Waals surface area (Å²) < 4.78 is 0. The molecule has 2 heteroatoms. The van der Waals surface area contributed by atoms with Crippen LogP contribution in [0.1, 0.15) is 19.8 Å². The average molecular weight is 151 g/mol. The molecular formula is C9H13NO. The number of rotatable bonds is 4. The second kappa shape index (κ2) is 3.96. The van der Waals surface area contributed by atoms with Gasteiger partial charge in [-0.05, 0) is 31.8 Å². The first-order valence-electron chi connectivity index (χ1n) is 3.87. The second-order valence-corrected chi connectivity index (χ2v) is 2.87. The molecule has 0 aromatic heterocycles. The largest absolute Gasteiger partial charge is 0.335 e. The Hall–Kier alpha value is -1.05. The smallest absolute Gasteiger partial charge is 0.211 e. The molecule has 1 aliphatic rings. The summed E-state index contributed by atoms with van der Waals surface area (Å²) in [4.78, 5) is 9.84. The van der Waals surface area contributed by atoms with Crippen molar-refractivity contribution in [3.63, 3.8) is 0 Å². The van der Waals surface area contributed by atoms with Gasteiger partial charge in [0.15, 0.2) is 0 Å². The van der Waals surface area contributed by atoms with Crippen molar-refractivity contribution in [3.05, 3.63) is 23.9 Å². The lowest BCUT2D eigenvalue weighted by atomic mass is 10.2. The Morgan fingerprint density at radius 1 is 1.55 bits per heavy atom. The zero-order valence-corrected chi connectivity index (χ0v) is 6.71. The second-order valence-electron chi connectivity index (χ2n) is 2.87. The molecule has 1 fully saturated rings. The standard InChI is InChI=1S/C9H13NO/c1-8(4-5-10-7-11)6-9-2-3-9/h4-7,9H,2-3H2,1H3,(H,10,11)/b5-4-,8-6-. The molecule has 1 saturated carbocycles. The molecule has 0 aliphatic heterocycles. The van der Waals surface area contributed by atoms with Crippen LogP contribution >= 0.6 is 0 Å². The highest BCUT2D eigenvalue weighted by Gasteiger charge is 2.17. The van der Waals surface area contributed by atoms with Crippen LogP contribution in [0.15, 0.2) is 23.9 Å². The number of hydrogen-bond donors (Lipinski definition) is 1. The molecule has 11 heavy (non-hydrogen) atoms. The zero-order valence-electron chi connectivity index (χ0n) is 6.71. The molecular weight excluding hydrogens is 138 g/mol. The quantitative estimate of drug-likeness (QED) is 0.480. The predicted molar refractivity (Wildman–Crippen MR) is 44.8 cm³/mol. The van der Waals surface area contributed by atoms with E-state index in [1.165, 1.54) is 18.4 Å². The average Bonchev–Trinajstić information content (AvgIpc) is 2.72. The summed E-state index contributed by atoms with van der Waals surface area (Å²) in [6.45, 7) is 2.04. The predicted octanol–water partition coefficient (Wildman–Crippen LogP) is 1.60. The van der Waals surface area contributed by atoms with E-state index in [1.54, 1.807) is 6.20 Å². The molecule has 2 nitrogen and oxygen atoms in total. The Morgan fingerprint density at radius 3 is 2.82 bits per heavy atom. The van der Waals surface area contributed by atoms with Gasteiger partial charge in [0, 0.05) is 6.20 Å². The third-order valence-electron chi connectivity index (χ3n) is 1.63. The topological polar surface area (TPSA) is 29.1 Å². The van der Waals surface area contributed by atoms with E-state index >= 15 is 0 Å². The Bertz CT molecular complexity index is 190. The maximum absolute atomic E-state index is 9.84. The van der Waals surface area contributed by atoms with E-state index in [2.05, 4.69) is 11.4 Å². The summed E-state index contributed by atoms with van der Waals surface area (Å²) in [7, 11) is 0. The molecule has 1 rings (SSSR count). The number of carbonyl (C=O) groups is 1. The van der Waals surface area contributed by atoms with Crippen LogP contribution in [0.4, 0.5) is 0 Å². The van der Waals surface area contributed by atoms with Gasteiger partial charge in [-0.15, -0.1) is 0 Å². The van der Waals surface area contributed by atoms with Gasteiger partial charge in [0.25, 0.3) is 0 Å². The van der Waals surface area contributed by atoms with Gasteiger partial charge < -0.3 is 5.32 Å². The molecule has 1 N–H and O–H groups in total. The highest BCUT2D eigenvalue weighted by Crippen LogP contribution is 2.31. The molecule has 0 spiro atoms. The summed E-state index contributed by atoms with van der Waals surface area (Å²) in [5.41, 5.74) is 1.22. The highest BCUT2D eigenvalue weighted by atomic mass is 16.1. The van der Waals surface area contributed by atoms with Crippen LogP contribution in [0.2, 0.25) is 0 Å². The number of amides is 1. The van der Waals surface area contributed by atoms with Crippen molar-refractivity contribution in [2.75, 3.05) is 0 Å². The van der Waals surface area contributed by atoms with Gasteiger partial charge in [0.05, 0.1) is 0 Å². The number of hydrogen-bond acceptors (Lipinski definition) is 1. The van der Waals surface area contributed by atoms with E-state index in [1.807, 2.05) is 13.0 Å². The molecule has 0 bridgehead atoms. The first-order chi connectivity index (χ1) is 5.33. The molecule has 0 heterocycles. The van der Waals surface area contributed by atoms with E-state index in [-0.39, 0.29) is 0 Å². The van der Waals surface area contributed by atoms with E-state index in [0.29, 0.717) is 6.41 Å². The summed E-state index contributed by atoms with van der Waals surface area (Å²) in [6.07, 6.45) is 9.12. The van der Waals surface area contributed by atoms with Crippen LogP contribution in [0.3, 0.4) is 0 Å². The van der Waals surface area contributed by atoms with Crippen LogP contribution < -0.4 is 5.32 Å². The number of carbonyl (C=O) groups excluding carboxylic acids is 1. The first kappa shape index (κ1) is 8.05. The van der Waals surface area contributed by atoms with Crippen molar-refractivity contribution >= 4 is 6.41 Å². The van der Waals surface area contributed by atoms with Gasteiger partial charge in [-0.1, -0.05) is 11.6 Å². The van der Waals surface area contributed by atoms with Crippen LogP contribution in [-0.2, 0) is 4.79 Å². The van der Waals surface area contributed by atoms with Gasteiger partial charge in [-0.2, -0.15) is 0 Å². The maximum atomic E-state index is 9.84. The fraction of sp³-hybridized carbons (Fsp3) is 0.444. The van der Waals surface area contributed by atoms with Crippen molar-refractivity contribution in [1.29, 1.82) is 0 Å². The van der Waals surface area contributed by atoms with E-state index < -0.39 is 0 Å². The molecule has 1 aliphatic carbocycles. The number of allylic oxidation sites excluding steroid dienone is 3. The minimum absolute atomic E-state index is 0.668. The Morgan fingerprint density at radius 2 is 2.27 bits per heavy atom. The summed E-state index contributed by atoms with van der Waals surface area (Å²) in [5, 5.41) is 2.47. The van der Waals surface area contributed by atoms with Gasteiger partial charge >= 0.3 is 0 Å². The summed E-state index contributed by atoms with van der Waals surface area (Å²) in [6, 6.07) is 0. The lowest BCUT2D eigenvalue weighted by Crippen LogP contribution is -1.98. The molecule has 0 unspecified atom stereocenters. The van der Waals surface area contributed by atoms with Crippen molar-refractivity contribution in [2.24, 2.45) is 5.92 Å². The Labute approximate surface area is 67.0 Å². The van der Waals surface area contributed by atoms with Crippen LogP contribution in [0.25, 0.3) is 0 Å². The summed E-state index contributed by atoms with van der Waals surface area (Å²) >= 11 is 0. The summed E-state index contributed by atoms with van der Waals surface area (Å²) in [5.74, 6) is 0.802. The van der Waals surface area contributed by atoms with Gasteiger partial charge in [0.1, 0.15) is 0 Å². The molecule has 0 radical (unpaired) electrons. The minimum Gasteiger partial charge on any atom is -0.335 e. The van der Waals surface area contributed by atoms with Crippen molar-refractivity contribution < 1.29 is 4.79 Å². The molecule has 1 amide bonds. The lowest BCUT2D eigenvalue weighted by molar-refractivity contribution is -0.108. The molecule has 0 aromatic carbocycles. The molecule has 0 aromatic rings. The van der Waals surface area contributed by atoms with E-state index in [9.17, 15) is 4.79 Å².